The number of benzene rings is 1. The fourth-order valence-electron chi connectivity index (χ4n) is 3.85. The van der Waals surface area contributed by atoms with Gasteiger partial charge < -0.3 is 15.0 Å². The molecule has 2 N–H and O–H groups in total. The van der Waals surface area contributed by atoms with Gasteiger partial charge in [-0.25, -0.2) is 9.69 Å². The fourth-order valence-corrected chi connectivity index (χ4v) is 4.26. The van der Waals surface area contributed by atoms with Gasteiger partial charge in [0.25, 0.3) is 5.91 Å². The van der Waals surface area contributed by atoms with E-state index in [4.69, 9.17) is 4.74 Å². The third kappa shape index (κ3) is 3.67. The van der Waals surface area contributed by atoms with Crippen LogP contribution in [-0.2, 0) is 11.3 Å². The zero-order chi connectivity index (χ0) is 18.0. The Balaban J connectivity index is 1.69. The monoisotopic (exact) mass is 410 g/mol. The molecule has 1 spiro atoms. The van der Waals surface area contributed by atoms with Crippen LogP contribution in [0.5, 0.6) is 5.75 Å². The van der Waals surface area contributed by atoms with Crippen molar-refractivity contribution in [1.29, 1.82) is 0 Å². The van der Waals surface area contributed by atoms with Gasteiger partial charge in [-0.3, -0.25) is 4.79 Å². The molecule has 3 rings (SSSR count). The SMILES string of the molecule is COc1ccc(Br)cc1C[NH+](C)CN1C(=O)NC2(CCCCC2)C1=O. The molecule has 0 aromatic heterocycles. The number of halogens is 1. The van der Waals surface area contributed by atoms with Crippen LogP contribution in [0.3, 0.4) is 0 Å². The predicted molar refractivity (Wildman–Crippen MR) is 97.3 cm³/mol. The summed E-state index contributed by atoms with van der Waals surface area (Å²) in [4.78, 5) is 27.7. The standard InChI is InChI=1S/C18H24BrN3O3/c1-21(11-13-10-14(19)6-7-15(13)25-2)12-22-16(23)18(20-17(22)24)8-4-3-5-9-18/h6-7,10H,3-5,8-9,11-12H2,1-2H3,(H,20,24)/p+1. The highest BCUT2D eigenvalue weighted by Gasteiger charge is 2.52. The number of carbonyl (C=O) groups excluding carboxylic acids is 2. The third-order valence-corrected chi connectivity index (χ3v) is 5.61. The second-order valence-electron chi connectivity index (χ2n) is 7.05. The van der Waals surface area contributed by atoms with Crippen molar-refractivity contribution in [3.63, 3.8) is 0 Å². The summed E-state index contributed by atoms with van der Waals surface area (Å²) >= 11 is 3.48. The minimum absolute atomic E-state index is 0.0576. The lowest BCUT2D eigenvalue weighted by atomic mass is 9.82. The zero-order valence-corrected chi connectivity index (χ0v) is 16.3. The largest absolute Gasteiger partial charge is 0.496 e. The van der Waals surface area contributed by atoms with Gasteiger partial charge in [-0.05, 0) is 31.0 Å². The number of hydrogen-bond acceptors (Lipinski definition) is 3. The summed E-state index contributed by atoms with van der Waals surface area (Å²) in [7, 11) is 3.62. The first-order valence-electron chi connectivity index (χ1n) is 8.73. The highest BCUT2D eigenvalue weighted by atomic mass is 79.9. The summed E-state index contributed by atoms with van der Waals surface area (Å²) in [5.41, 5.74) is 0.386. The van der Waals surface area contributed by atoms with Crippen molar-refractivity contribution in [3.05, 3.63) is 28.2 Å². The van der Waals surface area contributed by atoms with Gasteiger partial charge in [0, 0.05) is 10.0 Å². The molecular formula is C18H25BrN3O3+. The maximum atomic E-state index is 12.9. The van der Waals surface area contributed by atoms with E-state index in [1.807, 2.05) is 25.2 Å². The highest BCUT2D eigenvalue weighted by Crippen LogP contribution is 2.33. The molecule has 6 nitrogen and oxygen atoms in total. The van der Waals surface area contributed by atoms with Crippen LogP contribution in [0.15, 0.2) is 22.7 Å². The topological polar surface area (TPSA) is 63.1 Å². The van der Waals surface area contributed by atoms with E-state index in [1.165, 1.54) is 4.90 Å². The number of urea groups is 1. The summed E-state index contributed by atoms with van der Waals surface area (Å²) in [5, 5.41) is 2.96. The van der Waals surface area contributed by atoms with E-state index in [2.05, 4.69) is 21.2 Å². The highest BCUT2D eigenvalue weighted by molar-refractivity contribution is 9.10. The first kappa shape index (κ1) is 18.2. The van der Waals surface area contributed by atoms with Gasteiger partial charge in [0.2, 0.25) is 0 Å². The van der Waals surface area contributed by atoms with Crippen molar-refractivity contribution in [2.45, 2.75) is 44.2 Å². The Kier molecular flexibility index (Phi) is 5.34. The van der Waals surface area contributed by atoms with Gasteiger partial charge in [-0.1, -0.05) is 35.2 Å². The van der Waals surface area contributed by atoms with Crippen molar-refractivity contribution in [1.82, 2.24) is 10.2 Å². The molecule has 1 saturated carbocycles. The van der Waals surface area contributed by atoms with Crippen molar-refractivity contribution < 1.29 is 19.2 Å². The molecule has 1 aromatic rings. The molecule has 2 aliphatic rings. The van der Waals surface area contributed by atoms with Crippen molar-refractivity contribution >= 4 is 27.9 Å². The number of quaternary nitrogens is 1. The molecule has 0 bridgehead atoms. The Labute approximate surface area is 156 Å². The van der Waals surface area contributed by atoms with Crippen molar-refractivity contribution in [2.75, 3.05) is 20.8 Å². The summed E-state index contributed by atoms with van der Waals surface area (Å²) in [5.74, 6) is 0.751. The molecular weight excluding hydrogens is 386 g/mol. The van der Waals surface area contributed by atoms with Crippen LogP contribution in [0.1, 0.15) is 37.7 Å². The van der Waals surface area contributed by atoms with E-state index < -0.39 is 5.54 Å². The molecule has 7 heteroatoms. The number of rotatable bonds is 5. The Morgan fingerprint density at radius 2 is 2.00 bits per heavy atom. The lowest BCUT2D eigenvalue weighted by Crippen LogP contribution is -3.09. The predicted octanol–water partition coefficient (Wildman–Crippen LogP) is 1.68. The Morgan fingerprint density at radius 3 is 2.68 bits per heavy atom. The van der Waals surface area contributed by atoms with E-state index in [1.54, 1.807) is 7.11 Å². The molecule has 1 aromatic carbocycles. The molecule has 3 amide bonds. The van der Waals surface area contributed by atoms with Gasteiger partial charge in [-0.2, -0.15) is 0 Å². The van der Waals surface area contributed by atoms with Gasteiger partial charge in [-0.15, -0.1) is 0 Å². The second kappa shape index (κ2) is 7.33. The molecule has 1 atom stereocenters. The van der Waals surface area contributed by atoms with Crippen LogP contribution in [0.25, 0.3) is 0 Å². The Morgan fingerprint density at radius 1 is 1.28 bits per heavy atom. The Hall–Kier alpha value is -1.60. The lowest BCUT2D eigenvalue weighted by Gasteiger charge is -2.30. The van der Waals surface area contributed by atoms with Gasteiger partial charge >= 0.3 is 6.03 Å². The number of nitrogens with zero attached hydrogens (tertiary/aromatic N) is 1. The summed E-state index contributed by atoms with van der Waals surface area (Å²) in [6.45, 7) is 1.01. The molecule has 25 heavy (non-hydrogen) atoms. The molecule has 1 aliphatic heterocycles. The van der Waals surface area contributed by atoms with Crippen LogP contribution in [-0.4, -0.2) is 43.2 Å². The number of carbonyl (C=O) groups is 2. The molecule has 1 heterocycles. The maximum Gasteiger partial charge on any atom is 0.329 e. The van der Waals surface area contributed by atoms with Gasteiger partial charge in [0.05, 0.1) is 14.2 Å². The van der Waals surface area contributed by atoms with E-state index in [0.29, 0.717) is 13.2 Å². The average Bonchev–Trinajstić information content (AvgIpc) is 2.80. The average molecular weight is 411 g/mol. The maximum absolute atomic E-state index is 12.9. The van der Waals surface area contributed by atoms with E-state index >= 15 is 0 Å². The minimum atomic E-state index is -0.650. The number of amides is 3. The zero-order valence-electron chi connectivity index (χ0n) is 14.7. The smallest absolute Gasteiger partial charge is 0.329 e. The van der Waals surface area contributed by atoms with E-state index in [0.717, 1.165) is 52.8 Å². The van der Waals surface area contributed by atoms with Crippen LogP contribution >= 0.6 is 15.9 Å². The molecule has 1 unspecified atom stereocenters. The molecule has 0 radical (unpaired) electrons. The van der Waals surface area contributed by atoms with Crippen LogP contribution in [0.2, 0.25) is 0 Å². The van der Waals surface area contributed by atoms with Gasteiger partial charge in [0.15, 0.2) is 6.67 Å². The number of nitrogens with one attached hydrogen (secondary N) is 2. The van der Waals surface area contributed by atoms with E-state index in [9.17, 15) is 9.59 Å². The first-order valence-corrected chi connectivity index (χ1v) is 9.52. The summed E-state index contributed by atoms with van der Waals surface area (Å²) in [6.07, 6.45) is 4.65. The number of methoxy groups -OCH3 is 1. The third-order valence-electron chi connectivity index (χ3n) is 5.12. The Bertz CT molecular complexity index is 674. The molecule has 136 valence electrons. The summed E-state index contributed by atoms with van der Waals surface area (Å²) in [6, 6.07) is 5.60. The fraction of sp³-hybridized carbons (Fsp3) is 0.556. The number of ether oxygens (including phenoxy) is 1. The number of hydrogen-bond donors (Lipinski definition) is 2. The minimum Gasteiger partial charge on any atom is -0.496 e. The molecule has 1 saturated heterocycles. The quantitative estimate of drug-likeness (QED) is 0.725. The first-order chi connectivity index (χ1) is 11.9. The van der Waals surface area contributed by atoms with Gasteiger partial charge in [0.1, 0.15) is 17.8 Å². The van der Waals surface area contributed by atoms with E-state index in [-0.39, 0.29) is 11.9 Å². The number of imide groups is 1. The molecule has 1 aliphatic carbocycles. The lowest BCUT2D eigenvalue weighted by molar-refractivity contribution is -0.901. The normalized spacial score (nSPS) is 20.7. The van der Waals surface area contributed by atoms with Crippen LogP contribution in [0, 0.1) is 0 Å². The van der Waals surface area contributed by atoms with Crippen LogP contribution < -0.4 is 15.0 Å². The van der Waals surface area contributed by atoms with Crippen molar-refractivity contribution in [3.8, 4) is 5.75 Å². The summed E-state index contributed by atoms with van der Waals surface area (Å²) < 4.78 is 6.39. The van der Waals surface area contributed by atoms with Crippen LogP contribution in [0.4, 0.5) is 4.79 Å². The molecule has 2 fully saturated rings. The second-order valence-corrected chi connectivity index (χ2v) is 7.97. The van der Waals surface area contributed by atoms with Crippen molar-refractivity contribution in [2.24, 2.45) is 0 Å².